The molecule has 0 radical (unpaired) electrons. The van der Waals surface area contributed by atoms with Gasteiger partial charge in [-0.1, -0.05) is 37.3 Å². The Morgan fingerprint density at radius 3 is 2.65 bits per heavy atom. The minimum Gasteiger partial charge on any atom is -0.490 e. The summed E-state index contributed by atoms with van der Waals surface area (Å²) in [7, 11) is 0. The largest absolute Gasteiger partial charge is 0.490 e. The fourth-order valence-corrected chi connectivity index (χ4v) is 2.84. The number of hydrazone groups is 1. The zero-order chi connectivity index (χ0) is 18.8. The van der Waals surface area contributed by atoms with Gasteiger partial charge in [0.2, 0.25) is 5.91 Å². The van der Waals surface area contributed by atoms with Gasteiger partial charge in [-0.2, -0.15) is 5.10 Å². The zero-order valence-corrected chi connectivity index (χ0v) is 16.6. The van der Waals surface area contributed by atoms with Gasteiger partial charge in [0, 0.05) is 0 Å². The van der Waals surface area contributed by atoms with Crippen LogP contribution in [0.5, 0.6) is 11.5 Å². The number of nitrogens with zero attached hydrogens (tertiary/aromatic N) is 1. The molecule has 0 saturated carbocycles. The molecule has 0 atom stereocenters. The average Bonchev–Trinajstić information content (AvgIpc) is 2.62. The number of ether oxygens (including phenoxy) is 2. The number of amides is 1. The Bertz CT molecular complexity index is 748. The van der Waals surface area contributed by atoms with E-state index in [4.69, 9.17) is 9.47 Å². The Morgan fingerprint density at radius 1 is 1.19 bits per heavy atom. The Balaban J connectivity index is 2.03. The second-order valence-electron chi connectivity index (χ2n) is 5.57. The highest BCUT2D eigenvalue weighted by Gasteiger charge is 2.11. The van der Waals surface area contributed by atoms with Gasteiger partial charge < -0.3 is 9.47 Å². The Kier molecular flexibility index (Phi) is 8.15. The van der Waals surface area contributed by atoms with Crippen LogP contribution < -0.4 is 14.9 Å². The van der Waals surface area contributed by atoms with Gasteiger partial charge in [0.05, 0.1) is 30.3 Å². The number of rotatable bonds is 9. The van der Waals surface area contributed by atoms with Crippen LogP contribution in [0.3, 0.4) is 0 Å². The molecule has 0 aromatic heterocycles. The van der Waals surface area contributed by atoms with E-state index in [0.29, 0.717) is 24.7 Å². The van der Waals surface area contributed by atoms with Gasteiger partial charge in [0.1, 0.15) is 0 Å². The van der Waals surface area contributed by atoms with Gasteiger partial charge in [-0.3, -0.25) is 4.79 Å². The molecule has 0 aliphatic heterocycles. The summed E-state index contributed by atoms with van der Waals surface area (Å²) in [5, 5.41) is 4.03. The standard InChI is InChI=1S/C20H23BrN2O3/c1-3-10-26-20-17(21)11-16(12-18(20)25-4-2)14-22-23-19(24)13-15-8-6-5-7-9-15/h5-9,11-12,14H,3-4,10,13H2,1-2H3,(H,23,24)/b22-14+. The molecule has 0 heterocycles. The number of halogens is 1. The van der Waals surface area contributed by atoms with Crippen LogP contribution in [-0.2, 0) is 11.2 Å². The summed E-state index contributed by atoms with van der Waals surface area (Å²) in [6, 6.07) is 13.3. The quantitative estimate of drug-likeness (QED) is 0.486. The summed E-state index contributed by atoms with van der Waals surface area (Å²) >= 11 is 3.51. The first kappa shape index (κ1) is 20.0. The SMILES string of the molecule is CCCOc1c(Br)cc(/C=N/NC(=O)Cc2ccccc2)cc1OCC. The van der Waals surface area contributed by atoms with Gasteiger partial charge in [-0.05, 0) is 52.5 Å². The van der Waals surface area contributed by atoms with E-state index in [9.17, 15) is 4.79 Å². The summed E-state index contributed by atoms with van der Waals surface area (Å²) in [6.07, 6.45) is 2.78. The highest BCUT2D eigenvalue weighted by Crippen LogP contribution is 2.36. The molecule has 0 unspecified atom stereocenters. The summed E-state index contributed by atoms with van der Waals surface area (Å²) in [5.74, 6) is 1.16. The molecule has 0 fully saturated rings. The molecule has 2 aromatic rings. The summed E-state index contributed by atoms with van der Waals surface area (Å²) in [4.78, 5) is 11.9. The van der Waals surface area contributed by atoms with Crippen molar-refractivity contribution in [2.24, 2.45) is 5.10 Å². The fraction of sp³-hybridized carbons (Fsp3) is 0.300. The third kappa shape index (κ3) is 6.19. The van der Waals surface area contributed by atoms with Crippen LogP contribution in [-0.4, -0.2) is 25.3 Å². The van der Waals surface area contributed by atoms with Crippen molar-refractivity contribution < 1.29 is 14.3 Å². The van der Waals surface area contributed by atoms with E-state index in [0.717, 1.165) is 22.0 Å². The van der Waals surface area contributed by atoms with E-state index in [1.54, 1.807) is 6.21 Å². The van der Waals surface area contributed by atoms with Crippen molar-refractivity contribution in [3.05, 3.63) is 58.1 Å². The second-order valence-corrected chi connectivity index (χ2v) is 6.42. The number of nitrogens with one attached hydrogen (secondary N) is 1. The minimum absolute atomic E-state index is 0.167. The predicted molar refractivity (Wildman–Crippen MR) is 107 cm³/mol. The zero-order valence-electron chi connectivity index (χ0n) is 15.0. The normalized spacial score (nSPS) is 10.7. The summed E-state index contributed by atoms with van der Waals surface area (Å²) < 4.78 is 12.2. The number of hydrogen-bond acceptors (Lipinski definition) is 4. The first-order chi connectivity index (χ1) is 12.6. The monoisotopic (exact) mass is 418 g/mol. The highest BCUT2D eigenvalue weighted by atomic mass is 79.9. The molecule has 0 bridgehead atoms. The second kappa shape index (κ2) is 10.6. The number of hydrogen-bond donors (Lipinski definition) is 1. The lowest BCUT2D eigenvalue weighted by Crippen LogP contribution is -2.19. The van der Waals surface area contributed by atoms with Gasteiger partial charge in [0.15, 0.2) is 11.5 Å². The number of carbonyl (C=O) groups is 1. The maximum Gasteiger partial charge on any atom is 0.244 e. The van der Waals surface area contributed by atoms with Crippen LogP contribution in [0.4, 0.5) is 0 Å². The Morgan fingerprint density at radius 2 is 1.96 bits per heavy atom. The average molecular weight is 419 g/mol. The lowest BCUT2D eigenvalue weighted by molar-refractivity contribution is -0.120. The molecule has 138 valence electrons. The molecule has 5 nitrogen and oxygen atoms in total. The summed E-state index contributed by atoms with van der Waals surface area (Å²) in [6.45, 7) is 5.11. The van der Waals surface area contributed by atoms with Gasteiger partial charge >= 0.3 is 0 Å². The molecule has 1 N–H and O–H groups in total. The topological polar surface area (TPSA) is 59.9 Å². The molecule has 2 rings (SSSR count). The van der Waals surface area contributed by atoms with Crippen LogP contribution in [0.15, 0.2) is 52.0 Å². The van der Waals surface area contributed by atoms with Crippen molar-refractivity contribution in [1.29, 1.82) is 0 Å². The molecule has 6 heteroatoms. The minimum atomic E-state index is -0.167. The molecular weight excluding hydrogens is 396 g/mol. The van der Waals surface area contributed by atoms with Crippen LogP contribution in [0.1, 0.15) is 31.4 Å². The van der Waals surface area contributed by atoms with Gasteiger partial charge in [-0.15, -0.1) is 0 Å². The van der Waals surface area contributed by atoms with E-state index in [1.807, 2.05) is 56.3 Å². The maximum atomic E-state index is 11.9. The number of carbonyl (C=O) groups excluding carboxylic acids is 1. The van der Waals surface area contributed by atoms with Crippen molar-refractivity contribution in [1.82, 2.24) is 5.43 Å². The van der Waals surface area contributed by atoms with E-state index >= 15 is 0 Å². The van der Waals surface area contributed by atoms with E-state index in [1.165, 1.54) is 0 Å². The first-order valence-electron chi connectivity index (χ1n) is 8.59. The third-order valence-electron chi connectivity index (χ3n) is 3.39. The molecule has 26 heavy (non-hydrogen) atoms. The molecule has 1 amide bonds. The van der Waals surface area contributed by atoms with Gasteiger partial charge in [0.25, 0.3) is 0 Å². The molecule has 0 aliphatic rings. The van der Waals surface area contributed by atoms with E-state index < -0.39 is 0 Å². The molecular formula is C20H23BrN2O3. The lowest BCUT2D eigenvalue weighted by atomic mass is 10.1. The predicted octanol–water partition coefficient (Wildman–Crippen LogP) is 4.33. The van der Waals surface area contributed by atoms with Crippen molar-refractivity contribution in [2.75, 3.05) is 13.2 Å². The van der Waals surface area contributed by atoms with Crippen molar-refractivity contribution >= 4 is 28.1 Å². The Hall–Kier alpha value is -2.34. The Labute approximate surface area is 162 Å². The van der Waals surface area contributed by atoms with Crippen molar-refractivity contribution in [3.63, 3.8) is 0 Å². The van der Waals surface area contributed by atoms with Crippen molar-refractivity contribution in [2.45, 2.75) is 26.7 Å². The summed E-state index contributed by atoms with van der Waals surface area (Å²) in [5.41, 5.74) is 4.28. The number of benzene rings is 2. The van der Waals surface area contributed by atoms with Crippen LogP contribution in [0.25, 0.3) is 0 Å². The first-order valence-corrected chi connectivity index (χ1v) is 9.38. The molecule has 0 aliphatic carbocycles. The third-order valence-corrected chi connectivity index (χ3v) is 3.98. The van der Waals surface area contributed by atoms with Crippen molar-refractivity contribution in [3.8, 4) is 11.5 Å². The highest BCUT2D eigenvalue weighted by molar-refractivity contribution is 9.10. The van der Waals surface area contributed by atoms with E-state index in [2.05, 4.69) is 26.5 Å². The maximum absolute atomic E-state index is 11.9. The fourth-order valence-electron chi connectivity index (χ4n) is 2.27. The molecule has 0 saturated heterocycles. The van der Waals surface area contributed by atoms with Crippen LogP contribution in [0, 0.1) is 0 Å². The van der Waals surface area contributed by atoms with Crippen LogP contribution >= 0.6 is 15.9 Å². The van der Waals surface area contributed by atoms with Crippen LogP contribution in [0.2, 0.25) is 0 Å². The smallest absolute Gasteiger partial charge is 0.244 e. The lowest BCUT2D eigenvalue weighted by Gasteiger charge is -2.14. The van der Waals surface area contributed by atoms with E-state index in [-0.39, 0.29) is 12.3 Å². The van der Waals surface area contributed by atoms with Gasteiger partial charge in [-0.25, -0.2) is 5.43 Å². The molecule has 2 aromatic carbocycles. The molecule has 0 spiro atoms.